The molecular formula is C20H19BrN2O5. The molecule has 0 atom stereocenters. The normalized spacial score (nSPS) is 16.1. The number of carbonyl (C=O) groups is 2. The van der Waals surface area contributed by atoms with Gasteiger partial charge in [0, 0.05) is 35.2 Å². The highest BCUT2D eigenvalue weighted by molar-refractivity contribution is 9.10. The quantitative estimate of drug-likeness (QED) is 0.754. The van der Waals surface area contributed by atoms with E-state index < -0.39 is 0 Å². The number of phenols is 1. The Labute approximate surface area is 170 Å². The Bertz CT molecular complexity index is 925. The lowest BCUT2D eigenvalue weighted by Crippen LogP contribution is -2.41. The fourth-order valence-electron chi connectivity index (χ4n) is 3.42. The van der Waals surface area contributed by atoms with Crippen molar-refractivity contribution in [1.29, 1.82) is 0 Å². The summed E-state index contributed by atoms with van der Waals surface area (Å²) in [4.78, 5) is 26.9. The maximum Gasteiger partial charge on any atom is 0.257 e. The molecule has 2 aliphatic rings. The van der Waals surface area contributed by atoms with E-state index in [9.17, 15) is 14.7 Å². The van der Waals surface area contributed by atoms with Gasteiger partial charge in [0.2, 0.25) is 12.7 Å². The molecule has 0 saturated carbocycles. The number of benzene rings is 2. The van der Waals surface area contributed by atoms with E-state index in [1.165, 1.54) is 6.07 Å². The smallest absolute Gasteiger partial charge is 0.257 e. The second-order valence-corrected chi connectivity index (χ2v) is 7.70. The van der Waals surface area contributed by atoms with Crippen molar-refractivity contribution in [3.05, 3.63) is 46.4 Å². The van der Waals surface area contributed by atoms with Crippen molar-refractivity contribution < 1.29 is 24.2 Å². The third-order valence-electron chi connectivity index (χ3n) is 4.98. The Balaban J connectivity index is 1.34. The number of hydrogen-bond acceptors (Lipinski definition) is 5. The summed E-state index contributed by atoms with van der Waals surface area (Å²) in [5.74, 6) is 0.764. The molecule has 2 amide bonds. The number of carbonyl (C=O) groups excluding carboxylic acids is 2. The maximum atomic E-state index is 12.6. The molecule has 2 N–H and O–H groups in total. The van der Waals surface area contributed by atoms with Gasteiger partial charge >= 0.3 is 0 Å². The Hall–Kier alpha value is -2.74. The van der Waals surface area contributed by atoms with E-state index >= 15 is 0 Å². The number of anilines is 1. The number of nitrogens with zero attached hydrogens (tertiary/aromatic N) is 1. The average molecular weight is 447 g/mol. The molecule has 146 valence electrons. The first kappa shape index (κ1) is 18.6. The first-order valence-corrected chi connectivity index (χ1v) is 9.79. The van der Waals surface area contributed by atoms with Crippen LogP contribution in [0.25, 0.3) is 0 Å². The summed E-state index contributed by atoms with van der Waals surface area (Å²) in [6, 6.07) is 10.1. The molecule has 1 fully saturated rings. The van der Waals surface area contributed by atoms with E-state index in [2.05, 4.69) is 21.2 Å². The van der Waals surface area contributed by atoms with Gasteiger partial charge in [-0.25, -0.2) is 0 Å². The number of amides is 2. The number of nitrogens with one attached hydrogen (secondary N) is 1. The minimum atomic E-state index is -0.223. The zero-order valence-electron chi connectivity index (χ0n) is 15.0. The molecule has 0 aliphatic carbocycles. The number of halogens is 1. The summed E-state index contributed by atoms with van der Waals surface area (Å²) < 4.78 is 11.3. The molecule has 2 aromatic carbocycles. The second-order valence-electron chi connectivity index (χ2n) is 6.79. The highest BCUT2D eigenvalue weighted by Gasteiger charge is 2.29. The Morgan fingerprint density at radius 2 is 1.82 bits per heavy atom. The molecular weight excluding hydrogens is 428 g/mol. The monoisotopic (exact) mass is 446 g/mol. The first-order valence-electron chi connectivity index (χ1n) is 8.99. The van der Waals surface area contributed by atoms with Gasteiger partial charge in [-0.3, -0.25) is 9.59 Å². The summed E-state index contributed by atoms with van der Waals surface area (Å²) in [7, 11) is 0. The van der Waals surface area contributed by atoms with Gasteiger partial charge < -0.3 is 24.8 Å². The topological polar surface area (TPSA) is 88.1 Å². The Kier molecular flexibility index (Phi) is 5.13. The molecule has 0 spiro atoms. The number of rotatable bonds is 3. The number of hydrogen-bond donors (Lipinski definition) is 2. The van der Waals surface area contributed by atoms with E-state index in [0.717, 1.165) is 0 Å². The van der Waals surface area contributed by atoms with Gasteiger partial charge in [0.1, 0.15) is 5.75 Å². The summed E-state index contributed by atoms with van der Waals surface area (Å²) in [5.41, 5.74) is 0.930. The van der Waals surface area contributed by atoms with Gasteiger partial charge in [0.25, 0.3) is 5.91 Å². The summed E-state index contributed by atoms with van der Waals surface area (Å²) >= 11 is 3.26. The van der Waals surface area contributed by atoms with Gasteiger partial charge in [-0.2, -0.15) is 0 Å². The summed E-state index contributed by atoms with van der Waals surface area (Å²) in [5, 5.41) is 12.9. The van der Waals surface area contributed by atoms with Gasteiger partial charge in [0.15, 0.2) is 11.5 Å². The summed E-state index contributed by atoms with van der Waals surface area (Å²) in [6.07, 6.45) is 1.14. The van der Waals surface area contributed by atoms with Crippen molar-refractivity contribution in [3.63, 3.8) is 0 Å². The number of likely N-dealkylation sites (tertiary alicyclic amines) is 1. The Morgan fingerprint density at radius 1 is 1.07 bits per heavy atom. The predicted molar refractivity (Wildman–Crippen MR) is 106 cm³/mol. The molecule has 1 saturated heterocycles. The van der Waals surface area contributed by atoms with Gasteiger partial charge in [-0.05, 0) is 43.2 Å². The van der Waals surface area contributed by atoms with Crippen molar-refractivity contribution in [1.82, 2.24) is 4.90 Å². The predicted octanol–water partition coefficient (Wildman–Crippen LogP) is 3.37. The van der Waals surface area contributed by atoms with E-state index in [1.807, 2.05) is 0 Å². The van der Waals surface area contributed by atoms with Crippen molar-refractivity contribution in [3.8, 4) is 17.2 Å². The SMILES string of the molecule is O=C(Nc1ccc2c(c1)OCO2)C1CCN(C(=O)c2ccc(Br)cc2O)CC1. The second kappa shape index (κ2) is 7.71. The minimum absolute atomic E-state index is 0.0537. The molecule has 2 aliphatic heterocycles. The van der Waals surface area contributed by atoms with E-state index in [1.54, 1.807) is 35.2 Å². The lowest BCUT2D eigenvalue weighted by atomic mass is 9.95. The molecule has 7 nitrogen and oxygen atoms in total. The van der Waals surface area contributed by atoms with Crippen molar-refractivity contribution >= 4 is 33.4 Å². The third-order valence-corrected chi connectivity index (χ3v) is 5.48. The molecule has 8 heteroatoms. The van der Waals surface area contributed by atoms with Crippen molar-refractivity contribution in [2.24, 2.45) is 5.92 Å². The lowest BCUT2D eigenvalue weighted by molar-refractivity contribution is -0.121. The number of aromatic hydroxyl groups is 1. The number of phenolic OH excluding ortho intramolecular Hbond substituents is 1. The largest absolute Gasteiger partial charge is 0.507 e. The van der Waals surface area contributed by atoms with Crippen LogP contribution in [0.3, 0.4) is 0 Å². The number of piperidine rings is 1. The van der Waals surface area contributed by atoms with Crippen LogP contribution in [0.15, 0.2) is 40.9 Å². The van der Waals surface area contributed by atoms with Crippen LogP contribution < -0.4 is 14.8 Å². The van der Waals surface area contributed by atoms with Crippen LogP contribution in [-0.2, 0) is 4.79 Å². The van der Waals surface area contributed by atoms with Crippen molar-refractivity contribution in [2.45, 2.75) is 12.8 Å². The number of ether oxygens (including phenoxy) is 2. The van der Waals surface area contributed by atoms with Gasteiger partial charge in [-0.15, -0.1) is 0 Å². The van der Waals surface area contributed by atoms with Gasteiger partial charge in [-0.1, -0.05) is 15.9 Å². The van der Waals surface area contributed by atoms with Crippen LogP contribution >= 0.6 is 15.9 Å². The van der Waals surface area contributed by atoms with E-state index in [4.69, 9.17) is 9.47 Å². The molecule has 2 aromatic rings. The van der Waals surface area contributed by atoms with Crippen LogP contribution in [0.1, 0.15) is 23.2 Å². The van der Waals surface area contributed by atoms with Crippen LogP contribution in [0.5, 0.6) is 17.2 Å². The van der Waals surface area contributed by atoms with E-state index in [-0.39, 0.29) is 35.8 Å². The average Bonchev–Trinajstić information content (AvgIpc) is 3.15. The van der Waals surface area contributed by atoms with Crippen LogP contribution in [0.2, 0.25) is 0 Å². The van der Waals surface area contributed by atoms with E-state index in [0.29, 0.717) is 47.6 Å². The fraction of sp³-hybridized carbons (Fsp3) is 0.300. The molecule has 2 heterocycles. The Morgan fingerprint density at radius 3 is 2.57 bits per heavy atom. The standard InChI is InChI=1S/C20H19BrN2O5/c21-13-1-3-15(16(24)9-13)20(26)23-7-5-12(6-8-23)19(25)22-14-2-4-17-18(10-14)28-11-27-17/h1-4,9-10,12,24H,5-8,11H2,(H,22,25). The molecule has 0 unspecified atom stereocenters. The molecule has 28 heavy (non-hydrogen) atoms. The zero-order chi connectivity index (χ0) is 19.7. The molecule has 4 rings (SSSR count). The maximum absolute atomic E-state index is 12.6. The minimum Gasteiger partial charge on any atom is -0.507 e. The fourth-order valence-corrected chi connectivity index (χ4v) is 3.77. The summed E-state index contributed by atoms with van der Waals surface area (Å²) in [6.45, 7) is 1.12. The van der Waals surface area contributed by atoms with Crippen LogP contribution in [0.4, 0.5) is 5.69 Å². The molecule has 0 bridgehead atoms. The highest BCUT2D eigenvalue weighted by atomic mass is 79.9. The molecule has 0 radical (unpaired) electrons. The lowest BCUT2D eigenvalue weighted by Gasteiger charge is -2.31. The van der Waals surface area contributed by atoms with Crippen molar-refractivity contribution in [2.75, 3.05) is 25.2 Å². The highest BCUT2D eigenvalue weighted by Crippen LogP contribution is 2.34. The zero-order valence-corrected chi connectivity index (χ0v) is 16.6. The third kappa shape index (κ3) is 3.77. The molecule has 0 aromatic heterocycles. The van der Waals surface area contributed by atoms with Gasteiger partial charge in [0.05, 0.1) is 5.56 Å². The van der Waals surface area contributed by atoms with Crippen LogP contribution in [-0.4, -0.2) is 41.7 Å². The first-order chi connectivity index (χ1) is 13.5. The van der Waals surface area contributed by atoms with Crippen LogP contribution in [0, 0.1) is 5.92 Å². The number of fused-ring (bicyclic) bond motifs is 1.